The fourth-order valence-electron chi connectivity index (χ4n) is 1.76. The molecule has 0 unspecified atom stereocenters. The molecule has 0 saturated heterocycles. The van der Waals surface area contributed by atoms with Crippen LogP contribution in [0.3, 0.4) is 0 Å². The van der Waals surface area contributed by atoms with Crippen LogP contribution in [0.25, 0.3) is 0 Å². The summed E-state index contributed by atoms with van der Waals surface area (Å²) in [5.41, 5.74) is 2.17. The molecule has 0 fully saturated rings. The predicted octanol–water partition coefficient (Wildman–Crippen LogP) is 3.46. The van der Waals surface area contributed by atoms with Gasteiger partial charge >= 0.3 is 0 Å². The van der Waals surface area contributed by atoms with E-state index in [9.17, 15) is 0 Å². The average molecular weight is 250 g/mol. The highest BCUT2D eigenvalue weighted by Gasteiger charge is 2.04. The highest BCUT2D eigenvalue weighted by molar-refractivity contribution is 5.32. The molecule has 1 N–H and O–H groups in total. The van der Waals surface area contributed by atoms with Crippen molar-refractivity contribution in [2.24, 2.45) is 0 Å². The molecule has 0 bridgehead atoms. The minimum absolute atomic E-state index is 0.804. The average Bonchev–Trinajstić information content (AvgIpc) is 2.37. The van der Waals surface area contributed by atoms with Crippen molar-refractivity contribution in [2.75, 3.05) is 13.2 Å². The number of ether oxygens (including phenoxy) is 1. The Morgan fingerprint density at radius 1 is 1.22 bits per heavy atom. The second-order valence-electron chi connectivity index (χ2n) is 4.67. The van der Waals surface area contributed by atoms with Crippen LogP contribution in [-0.4, -0.2) is 18.1 Å². The normalized spacial score (nSPS) is 10.6. The highest BCUT2D eigenvalue weighted by Crippen LogP contribution is 2.19. The van der Waals surface area contributed by atoms with Crippen LogP contribution in [-0.2, 0) is 6.54 Å². The van der Waals surface area contributed by atoms with E-state index < -0.39 is 0 Å². The summed E-state index contributed by atoms with van der Waals surface area (Å²) in [4.78, 5) is 4.34. The van der Waals surface area contributed by atoms with E-state index in [4.69, 9.17) is 4.74 Å². The molecule has 0 radical (unpaired) electrons. The standard InChI is InChI=1S/C15H26N2O/c1-4-6-7-9-18-15-10-13(3)17-12-14(15)11-16-8-5-2/h10,12,16H,4-9,11H2,1-3H3. The molecule has 102 valence electrons. The maximum absolute atomic E-state index is 5.87. The lowest BCUT2D eigenvalue weighted by Gasteiger charge is -2.12. The number of hydrogen-bond donors (Lipinski definition) is 1. The van der Waals surface area contributed by atoms with Crippen LogP contribution in [0.5, 0.6) is 5.75 Å². The molecule has 1 heterocycles. The molecule has 0 aromatic carbocycles. The molecular formula is C15H26N2O. The summed E-state index contributed by atoms with van der Waals surface area (Å²) in [7, 11) is 0. The number of aromatic nitrogens is 1. The Labute approximate surface area is 111 Å². The molecule has 0 aliphatic heterocycles. The van der Waals surface area contributed by atoms with Crippen LogP contribution >= 0.6 is 0 Å². The molecule has 0 aliphatic carbocycles. The van der Waals surface area contributed by atoms with Gasteiger partial charge in [-0.3, -0.25) is 4.98 Å². The third-order valence-electron chi connectivity index (χ3n) is 2.83. The Morgan fingerprint density at radius 2 is 2.06 bits per heavy atom. The maximum Gasteiger partial charge on any atom is 0.127 e. The van der Waals surface area contributed by atoms with Crippen molar-refractivity contribution in [3.63, 3.8) is 0 Å². The van der Waals surface area contributed by atoms with E-state index >= 15 is 0 Å². The van der Waals surface area contributed by atoms with Crippen molar-refractivity contribution < 1.29 is 4.74 Å². The van der Waals surface area contributed by atoms with Crippen molar-refractivity contribution in [3.8, 4) is 5.75 Å². The Kier molecular flexibility index (Phi) is 7.42. The number of hydrogen-bond acceptors (Lipinski definition) is 3. The van der Waals surface area contributed by atoms with Crippen LogP contribution in [0, 0.1) is 6.92 Å². The van der Waals surface area contributed by atoms with E-state index in [2.05, 4.69) is 24.1 Å². The van der Waals surface area contributed by atoms with Gasteiger partial charge in [0.25, 0.3) is 0 Å². The zero-order chi connectivity index (χ0) is 13.2. The summed E-state index contributed by atoms with van der Waals surface area (Å²) in [5, 5.41) is 3.39. The number of aryl methyl sites for hydroxylation is 1. The Balaban J connectivity index is 2.53. The summed E-state index contributed by atoms with van der Waals surface area (Å²) in [6.45, 7) is 9.05. The third kappa shape index (κ3) is 5.50. The smallest absolute Gasteiger partial charge is 0.127 e. The summed E-state index contributed by atoms with van der Waals surface area (Å²) in [6, 6.07) is 2.04. The van der Waals surface area contributed by atoms with Gasteiger partial charge in [0.05, 0.1) is 6.61 Å². The van der Waals surface area contributed by atoms with Gasteiger partial charge < -0.3 is 10.1 Å². The summed E-state index contributed by atoms with van der Waals surface area (Å²) in [5.74, 6) is 0.988. The summed E-state index contributed by atoms with van der Waals surface area (Å²) >= 11 is 0. The van der Waals surface area contributed by atoms with E-state index in [1.54, 1.807) is 0 Å². The van der Waals surface area contributed by atoms with Crippen LogP contribution < -0.4 is 10.1 Å². The minimum Gasteiger partial charge on any atom is -0.493 e. The molecule has 1 aromatic rings. The first-order chi connectivity index (χ1) is 8.77. The minimum atomic E-state index is 0.804. The second kappa shape index (κ2) is 8.92. The number of pyridine rings is 1. The fourth-order valence-corrected chi connectivity index (χ4v) is 1.76. The van der Waals surface area contributed by atoms with Gasteiger partial charge in [0, 0.05) is 30.1 Å². The van der Waals surface area contributed by atoms with Gasteiger partial charge in [0.15, 0.2) is 0 Å². The number of rotatable bonds is 9. The van der Waals surface area contributed by atoms with Crippen LogP contribution in [0.15, 0.2) is 12.3 Å². The van der Waals surface area contributed by atoms with E-state index in [0.717, 1.165) is 49.5 Å². The van der Waals surface area contributed by atoms with Gasteiger partial charge in [-0.25, -0.2) is 0 Å². The van der Waals surface area contributed by atoms with E-state index in [-0.39, 0.29) is 0 Å². The zero-order valence-corrected chi connectivity index (χ0v) is 12.0. The molecule has 1 rings (SSSR count). The van der Waals surface area contributed by atoms with Gasteiger partial charge in [-0.15, -0.1) is 0 Å². The second-order valence-corrected chi connectivity index (χ2v) is 4.67. The third-order valence-corrected chi connectivity index (χ3v) is 2.83. The molecule has 0 aliphatic rings. The Hall–Kier alpha value is -1.09. The largest absolute Gasteiger partial charge is 0.493 e. The van der Waals surface area contributed by atoms with Crippen LogP contribution in [0.1, 0.15) is 50.8 Å². The van der Waals surface area contributed by atoms with Crippen molar-refractivity contribution in [3.05, 3.63) is 23.5 Å². The molecule has 1 aromatic heterocycles. The van der Waals surface area contributed by atoms with Gasteiger partial charge in [-0.2, -0.15) is 0 Å². The summed E-state index contributed by atoms with van der Waals surface area (Å²) < 4.78 is 5.87. The van der Waals surface area contributed by atoms with Crippen molar-refractivity contribution in [1.29, 1.82) is 0 Å². The van der Waals surface area contributed by atoms with E-state index in [0.29, 0.717) is 0 Å². The van der Waals surface area contributed by atoms with Crippen LogP contribution in [0.4, 0.5) is 0 Å². The topological polar surface area (TPSA) is 34.1 Å². The molecule has 3 heteroatoms. The predicted molar refractivity (Wildman–Crippen MR) is 76.0 cm³/mol. The van der Waals surface area contributed by atoms with Gasteiger partial charge in [-0.05, 0) is 26.3 Å². The van der Waals surface area contributed by atoms with Gasteiger partial charge in [-0.1, -0.05) is 26.7 Å². The molecule has 0 saturated carbocycles. The molecule has 0 atom stereocenters. The lowest BCUT2D eigenvalue weighted by atomic mass is 10.2. The number of nitrogens with one attached hydrogen (secondary N) is 1. The molecule has 0 spiro atoms. The van der Waals surface area contributed by atoms with Crippen molar-refractivity contribution in [1.82, 2.24) is 10.3 Å². The highest BCUT2D eigenvalue weighted by atomic mass is 16.5. The Bertz CT molecular complexity index is 339. The quantitative estimate of drug-likeness (QED) is 0.682. The van der Waals surface area contributed by atoms with E-state index in [1.807, 2.05) is 19.2 Å². The van der Waals surface area contributed by atoms with Crippen LogP contribution in [0.2, 0.25) is 0 Å². The lowest BCUT2D eigenvalue weighted by Crippen LogP contribution is -2.15. The molecule has 3 nitrogen and oxygen atoms in total. The first-order valence-electron chi connectivity index (χ1n) is 7.07. The van der Waals surface area contributed by atoms with Crippen molar-refractivity contribution in [2.45, 2.75) is 53.0 Å². The summed E-state index contributed by atoms with van der Waals surface area (Å²) in [6.07, 6.45) is 6.65. The molecule has 0 amide bonds. The first kappa shape index (κ1) is 15.0. The number of nitrogens with zero attached hydrogens (tertiary/aromatic N) is 1. The maximum atomic E-state index is 5.87. The molecule has 18 heavy (non-hydrogen) atoms. The number of unbranched alkanes of at least 4 members (excludes halogenated alkanes) is 2. The van der Waals surface area contributed by atoms with Gasteiger partial charge in [0.1, 0.15) is 5.75 Å². The Morgan fingerprint density at radius 3 is 2.78 bits per heavy atom. The molecular weight excluding hydrogens is 224 g/mol. The zero-order valence-electron chi connectivity index (χ0n) is 12.0. The monoisotopic (exact) mass is 250 g/mol. The SMILES string of the molecule is CCCCCOc1cc(C)ncc1CNCCC. The van der Waals surface area contributed by atoms with Crippen molar-refractivity contribution >= 4 is 0 Å². The van der Waals surface area contributed by atoms with Gasteiger partial charge in [0.2, 0.25) is 0 Å². The van der Waals surface area contributed by atoms with E-state index in [1.165, 1.54) is 12.8 Å². The first-order valence-corrected chi connectivity index (χ1v) is 7.07. The fraction of sp³-hybridized carbons (Fsp3) is 0.667. The lowest BCUT2D eigenvalue weighted by molar-refractivity contribution is 0.302.